The number of anilines is 1. The number of nitrogens with zero attached hydrogens (tertiary/aromatic N) is 3. The zero-order valence-corrected chi connectivity index (χ0v) is 18.1. The Hall–Kier alpha value is -3.00. The molecule has 0 bridgehead atoms. The molecule has 0 spiro atoms. The maximum atomic E-state index is 12.7. The number of aromatic hydroxyl groups is 1. The van der Waals surface area contributed by atoms with Crippen LogP contribution in [-0.2, 0) is 16.0 Å². The lowest BCUT2D eigenvalue weighted by atomic mass is 10.0. The smallest absolute Gasteiger partial charge is 0.265 e. The lowest BCUT2D eigenvalue weighted by Crippen LogP contribution is -2.35. The molecule has 0 saturated carbocycles. The molecule has 0 unspecified atom stereocenters. The fourth-order valence-electron chi connectivity index (χ4n) is 3.72. The van der Waals surface area contributed by atoms with Crippen LogP contribution in [-0.4, -0.2) is 28.4 Å². The van der Waals surface area contributed by atoms with E-state index in [1.54, 1.807) is 4.90 Å². The van der Waals surface area contributed by atoms with Crippen LogP contribution in [0, 0.1) is 6.92 Å². The Bertz CT molecular complexity index is 1170. The normalized spacial score (nSPS) is 13.7. The molecule has 2 heterocycles. The second-order valence-corrected chi connectivity index (χ2v) is 8.11. The van der Waals surface area contributed by atoms with Crippen molar-refractivity contribution in [1.82, 2.24) is 4.98 Å². The van der Waals surface area contributed by atoms with Gasteiger partial charge in [-0.25, -0.2) is 0 Å². The van der Waals surface area contributed by atoms with Crippen LogP contribution < -0.4 is 4.90 Å². The third-order valence-corrected chi connectivity index (χ3v) is 6.30. The Morgan fingerprint density at radius 3 is 2.83 bits per heavy atom. The Kier molecular flexibility index (Phi) is 5.67. The molecule has 8 heteroatoms. The number of rotatable bonds is 4. The standard InChI is InChI=1S/C22H21BrN4O3/c1-13-8-9-15-19(20(13)23)21(22(30)24-15)26-25-17(28)10-11-18(29)27-12-4-6-14-5-2-3-7-16(14)27/h2-3,5,7-9,24,30H,4,6,10-12H2,1H3. The molecule has 2 amide bonds. The number of halogens is 1. The van der Waals surface area contributed by atoms with Crippen LogP contribution in [0.15, 0.2) is 51.1 Å². The number of carbonyl (C=O) groups excluding carboxylic acids is 2. The maximum absolute atomic E-state index is 12.7. The topological polar surface area (TPSA) is 98.1 Å². The summed E-state index contributed by atoms with van der Waals surface area (Å²) in [5.41, 5.74) is 3.93. The molecule has 0 aliphatic carbocycles. The van der Waals surface area contributed by atoms with Gasteiger partial charge < -0.3 is 15.0 Å². The highest BCUT2D eigenvalue weighted by molar-refractivity contribution is 9.10. The number of nitrogens with one attached hydrogen (secondary N) is 1. The number of para-hydroxylation sites is 1. The summed E-state index contributed by atoms with van der Waals surface area (Å²) in [6.45, 7) is 2.58. The van der Waals surface area contributed by atoms with E-state index in [9.17, 15) is 14.7 Å². The van der Waals surface area contributed by atoms with Gasteiger partial charge in [0.15, 0.2) is 5.69 Å². The van der Waals surface area contributed by atoms with Gasteiger partial charge in [0.05, 0.1) is 5.52 Å². The highest BCUT2D eigenvalue weighted by Gasteiger charge is 2.22. The summed E-state index contributed by atoms with van der Waals surface area (Å²) >= 11 is 3.49. The predicted octanol–water partition coefficient (Wildman–Crippen LogP) is 5.31. The molecule has 1 aromatic heterocycles. The molecule has 1 aliphatic rings. The van der Waals surface area contributed by atoms with Crippen molar-refractivity contribution in [2.75, 3.05) is 11.4 Å². The first kappa shape index (κ1) is 20.3. The lowest BCUT2D eigenvalue weighted by molar-refractivity contribution is -0.123. The van der Waals surface area contributed by atoms with Gasteiger partial charge >= 0.3 is 0 Å². The molecule has 0 atom stereocenters. The second-order valence-electron chi connectivity index (χ2n) is 7.31. The number of hydrogen-bond donors (Lipinski definition) is 2. The third kappa shape index (κ3) is 3.87. The minimum Gasteiger partial charge on any atom is -0.493 e. The van der Waals surface area contributed by atoms with Crippen LogP contribution in [0.2, 0.25) is 0 Å². The van der Waals surface area contributed by atoms with E-state index in [2.05, 4.69) is 31.1 Å². The van der Waals surface area contributed by atoms with Gasteiger partial charge in [0.25, 0.3) is 5.91 Å². The predicted molar refractivity (Wildman–Crippen MR) is 118 cm³/mol. The van der Waals surface area contributed by atoms with Crippen LogP contribution in [0.4, 0.5) is 11.4 Å². The van der Waals surface area contributed by atoms with Gasteiger partial charge in [-0.3, -0.25) is 9.59 Å². The van der Waals surface area contributed by atoms with Crippen LogP contribution in [0.5, 0.6) is 5.88 Å². The third-order valence-electron chi connectivity index (χ3n) is 5.27. The Morgan fingerprint density at radius 1 is 1.20 bits per heavy atom. The zero-order chi connectivity index (χ0) is 21.3. The van der Waals surface area contributed by atoms with E-state index >= 15 is 0 Å². The monoisotopic (exact) mass is 468 g/mol. The van der Waals surface area contributed by atoms with Crippen molar-refractivity contribution in [3.05, 3.63) is 52.0 Å². The number of fused-ring (bicyclic) bond motifs is 2. The summed E-state index contributed by atoms with van der Waals surface area (Å²) in [5, 5.41) is 18.5. The molecular weight excluding hydrogens is 448 g/mol. The average Bonchev–Trinajstić information content (AvgIpc) is 3.08. The van der Waals surface area contributed by atoms with Gasteiger partial charge in [-0.15, -0.1) is 10.2 Å². The lowest BCUT2D eigenvalue weighted by Gasteiger charge is -2.29. The van der Waals surface area contributed by atoms with E-state index < -0.39 is 5.91 Å². The van der Waals surface area contributed by atoms with Gasteiger partial charge in [0.1, 0.15) is 0 Å². The Morgan fingerprint density at radius 2 is 2.00 bits per heavy atom. The first-order valence-electron chi connectivity index (χ1n) is 9.78. The molecule has 154 valence electrons. The van der Waals surface area contributed by atoms with Crippen molar-refractivity contribution in [2.45, 2.75) is 32.6 Å². The van der Waals surface area contributed by atoms with Crippen molar-refractivity contribution >= 4 is 50.0 Å². The van der Waals surface area contributed by atoms with Crippen LogP contribution >= 0.6 is 15.9 Å². The number of aromatic nitrogens is 1. The number of aryl methyl sites for hydroxylation is 2. The number of carbonyl (C=O) groups is 2. The second kappa shape index (κ2) is 8.39. The van der Waals surface area contributed by atoms with Gasteiger partial charge in [0, 0.05) is 34.9 Å². The number of benzene rings is 2. The van der Waals surface area contributed by atoms with E-state index in [0.29, 0.717) is 17.4 Å². The summed E-state index contributed by atoms with van der Waals surface area (Å²) in [5.74, 6) is -0.765. The SMILES string of the molecule is Cc1ccc2[nH]c(O)c(N=NC(=O)CCC(=O)N3CCCc4ccccc43)c2c1Br. The van der Waals surface area contributed by atoms with Gasteiger partial charge in [0.2, 0.25) is 11.8 Å². The molecule has 3 aromatic rings. The number of amides is 2. The molecule has 7 nitrogen and oxygen atoms in total. The number of hydrogen-bond acceptors (Lipinski definition) is 4. The highest BCUT2D eigenvalue weighted by Crippen LogP contribution is 2.41. The largest absolute Gasteiger partial charge is 0.493 e. The van der Waals surface area contributed by atoms with Crippen molar-refractivity contribution in [1.29, 1.82) is 0 Å². The van der Waals surface area contributed by atoms with E-state index in [0.717, 1.165) is 34.1 Å². The molecule has 2 aromatic carbocycles. The first-order chi connectivity index (χ1) is 14.5. The molecule has 2 N–H and O–H groups in total. The van der Waals surface area contributed by atoms with Gasteiger partial charge in [-0.2, -0.15) is 0 Å². The molecule has 4 rings (SSSR count). The molecule has 0 saturated heterocycles. The number of azo groups is 1. The van der Waals surface area contributed by atoms with Crippen LogP contribution in [0.25, 0.3) is 10.9 Å². The van der Waals surface area contributed by atoms with E-state index in [1.165, 1.54) is 0 Å². The zero-order valence-electron chi connectivity index (χ0n) is 16.5. The quantitative estimate of drug-likeness (QED) is 0.507. The number of aromatic amines is 1. The van der Waals surface area contributed by atoms with Crippen LogP contribution in [0.1, 0.15) is 30.4 Å². The average molecular weight is 469 g/mol. The Labute approximate surface area is 181 Å². The van der Waals surface area contributed by atoms with Crippen molar-refractivity contribution in [3.8, 4) is 5.88 Å². The van der Waals surface area contributed by atoms with E-state index in [-0.39, 0.29) is 30.3 Å². The molecular formula is C22H21BrN4O3. The summed E-state index contributed by atoms with van der Waals surface area (Å²) in [4.78, 5) is 29.5. The van der Waals surface area contributed by atoms with Gasteiger partial charge in [-0.1, -0.05) is 24.3 Å². The van der Waals surface area contributed by atoms with Crippen LogP contribution in [0.3, 0.4) is 0 Å². The minimum absolute atomic E-state index is 0.0374. The van der Waals surface area contributed by atoms with Crippen molar-refractivity contribution in [2.24, 2.45) is 10.2 Å². The van der Waals surface area contributed by atoms with E-state index in [1.807, 2.05) is 43.3 Å². The molecule has 30 heavy (non-hydrogen) atoms. The fraction of sp³-hybridized carbons (Fsp3) is 0.273. The van der Waals surface area contributed by atoms with Gasteiger partial charge in [-0.05, 0) is 59.0 Å². The number of H-pyrrole nitrogens is 1. The highest BCUT2D eigenvalue weighted by atomic mass is 79.9. The van der Waals surface area contributed by atoms with E-state index in [4.69, 9.17) is 0 Å². The molecule has 0 fully saturated rings. The first-order valence-corrected chi connectivity index (χ1v) is 10.6. The summed E-state index contributed by atoms with van der Waals surface area (Å²) in [6, 6.07) is 11.6. The molecule has 1 aliphatic heterocycles. The summed E-state index contributed by atoms with van der Waals surface area (Å²) < 4.78 is 0.775. The molecule has 0 radical (unpaired) electrons. The Balaban J connectivity index is 1.44. The van der Waals surface area contributed by atoms with Crippen molar-refractivity contribution < 1.29 is 14.7 Å². The van der Waals surface area contributed by atoms with Crippen molar-refractivity contribution in [3.63, 3.8) is 0 Å². The summed E-state index contributed by atoms with van der Waals surface area (Å²) in [6.07, 6.45) is 1.89. The fourth-order valence-corrected chi connectivity index (χ4v) is 4.25. The summed E-state index contributed by atoms with van der Waals surface area (Å²) in [7, 11) is 0. The minimum atomic E-state index is -0.508. The maximum Gasteiger partial charge on any atom is 0.265 e.